The normalized spacial score (nSPS) is 17.2. The first-order valence-electron chi connectivity index (χ1n) is 8.08. The second-order valence-corrected chi connectivity index (χ2v) is 6.18. The van der Waals surface area contributed by atoms with Crippen molar-refractivity contribution in [3.05, 3.63) is 54.0 Å². The maximum atomic E-state index is 13.3. The second kappa shape index (κ2) is 7.06. The summed E-state index contributed by atoms with van der Waals surface area (Å²) in [5.74, 6) is -0.777. The number of anilines is 1. The smallest absolute Gasteiger partial charge is 0.348 e. The van der Waals surface area contributed by atoms with Crippen molar-refractivity contribution < 1.29 is 19.0 Å². The van der Waals surface area contributed by atoms with Gasteiger partial charge in [0, 0.05) is 50.3 Å². The maximum Gasteiger partial charge on any atom is 0.348 e. The third-order valence-corrected chi connectivity index (χ3v) is 4.48. The fourth-order valence-corrected chi connectivity index (χ4v) is 3.01. The quantitative estimate of drug-likeness (QED) is 0.864. The number of aromatic nitrogens is 1. The van der Waals surface area contributed by atoms with Crippen molar-refractivity contribution in [2.24, 2.45) is 0 Å². The van der Waals surface area contributed by atoms with Gasteiger partial charge in [-0.3, -0.25) is 4.90 Å². The number of piperidine rings is 1. The molecule has 0 amide bonds. The highest BCUT2D eigenvalue weighted by atomic mass is 19.1. The number of likely N-dealkylation sites (tertiary alicyclic amines) is 1. The number of aliphatic carboxylic acids is 1. The summed E-state index contributed by atoms with van der Waals surface area (Å²) in [4.78, 5) is 18.0. The Morgan fingerprint density at radius 3 is 2.72 bits per heavy atom. The van der Waals surface area contributed by atoms with E-state index in [1.807, 2.05) is 12.1 Å². The van der Waals surface area contributed by atoms with Crippen LogP contribution in [0.5, 0.6) is 5.75 Å². The summed E-state index contributed by atoms with van der Waals surface area (Å²) in [6.45, 7) is 1.68. The second-order valence-electron chi connectivity index (χ2n) is 6.18. The zero-order chi connectivity index (χ0) is 17.9. The molecule has 1 saturated heterocycles. The number of nitrogens with zero attached hydrogens (tertiary/aromatic N) is 2. The summed E-state index contributed by atoms with van der Waals surface area (Å²) >= 11 is 0. The van der Waals surface area contributed by atoms with Crippen molar-refractivity contribution in [3.8, 4) is 5.75 Å². The van der Waals surface area contributed by atoms with E-state index >= 15 is 0 Å². The van der Waals surface area contributed by atoms with Gasteiger partial charge in [-0.15, -0.1) is 0 Å². The van der Waals surface area contributed by atoms with E-state index in [0.717, 1.165) is 5.56 Å². The monoisotopic (exact) mass is 345 g/mol. The van der Waals surface area contributed by atoms with Crippen molar-refractivity contribution in [1.29, 1.82) is 0 Å². The summed E-state index contributed by atoms with van der Waals surface area (Å²) in [6.07, 6.45) is 2.25. The van der Waals surface area contributed by atoms with E-state index < -0.39 is 17.4 Å². The fourth-order valence-electron chi connectivity index (χ4n) is 3.01. The number of carboxylic acid groups (broad SMARTS) is 1. The highest BCUT2D eigenvalue weighted by molar-refractivity contribution is 5.78. The number of ether oxygens (including phenoxy) is 1. The van der Waals surface area contributed by atoms with Crippen LogP contribution in [0.4, 0.5) is 10.2 Å². The highest BCUT2D eigenvalue weighted by Gasteiger charge is 2.44. The lowest BCUT2D eigenvalue weighted by Gasteiger charge is -2.38. The summed E-state index contributed by atoms with van der Waals surface area (Å²) < 4.78 is 19.0. The van der Waals surface area contributed by atoms with Gasteiger partial charge in [0.15, 0.2) is 0 Å². The van der Waals surface area contributed by atoms with Gasteiger partial charge in [-0.2, -0.15) is 0 Å². The Kier molecular flexibility index (Phi) is 4.85. The van der Waals surface area contributed by atoms with E-state index in [9.17, 15) is 14.3 Å². The van der Waals surface area contributed by atoms with Gasteiger partial charge in [0.1, 0.15) is 17.4 Å². The average Bonchev–Trinajstić information content (AvgIpc) is 2.58. The molecule has 6 nitrogen and oxygen atoms in total. The minimum Gasteiger partial charge on any atom is -0.478 e. The standard InChI is InChI=1S/C18H20FN3O3/c19-14-4-1-5-15(11-14)25-18(17(23)24)6-9-22(10-7-18)12-13-3-2-8-21-16(13)20/h1-5,8,11H,6-7,9-10,12H2,(H2,20,21)(H,23,24). The first kappa shape index (κ1) is 17.2. The molecule has 25 heavy (non-hydrogen) atoms. The van der Waals surface area contributed by atoms with E-state index in [1.165, 1.54) is 18.2 Å². The lowest BCUT2D eigenvalue weighted by Crippen LogP contribution is -2.53. The molecular weight excluding hydrogens is 325 g/mol. The minimum absolute atomic E-state index is 0.229. The number of hydrogen-bond acceptors (Lipinski definition) is 5. The molecule has 132 valence electrons. The van der Waals surface area contributed by atoms with Crippen LogP contribution in [0.25, 0.3) is 0 Å². The predicted octanol–water partition coefficient (Wildman–Crippen LogP) is 2.30. The summed E-state index contributed by atoms with van der Waals surface area (Å²) in [5, 5.41) is 9.67. The molecular formula is C18H20FN3O3. The van der Waals surface area contributed by atoms with E-state index in [1.54, 1.807) is 12.3 Å². The lowest BCUT2D eigenvalue weighted by atomic mass is 9.90. The first-order valence-corrected chi connectivity index (χ1v) is 8.08. The predicted molar refractivity (Wildman–Crippen MR) is 90.6 cm³/mol. The molecule has 0 bridgehead atoms. The topological polar surface area (TPSA) is 88.7 Å². The van der Waals surface area contributed by atoms with Crippen LogP contribution in [0, 0.1) is 5.82 Å². The van der Waals surface area contributed by atoms with E-state index in [0.29, 0.717) is 38.3 Å². The van der Waals surface area contributed by atoms with Crippen LogP contribution >= 0.6 is 0 Å². The van der Waals surface area contributed by atoms with Crippen molar-refractivity contribution in [1.82, 2.24) is 9.88 Å². The molecule has 3 rings (SSSR count). The third kappa shape index (κ3) is 3.88. The maximum absolute atomic E-state index is 13.3. The van der Waals surface area contributed by atoms with Crippen LogP contribution in [-0.2, 0) is 11.3 Å². The molecule has 1 aliphatic rings. The molecule has 1 fully saturated rings. The largest absolute Gasteiger partial charge is 0.478 e. The Hall–Kier alpha value is -2.67. The van der Waals surface area contributed by atoms with Crippen LogP contribution in [-0.4, -0.2) is 39.7 Å². The summed E-state index contributed by atoms with van der Waals surface area (Å²) in [5.41, 5.74) is 5.43. The molecule has 0 radical (unpaired) electrons. The Morgan fingerprint density at radius 2 is 2.08 bits per heavy atom. The summed E-state index contributed by atoms with van der Waals surface area (Å²) in [6, 6.07) is 9.29. The lowest BCUT2D eigenvalue weighted by molar-refractivity contribution is -0.159. The van der Waals surface area contributed by atoms with E-state index in [-0.39, 0.29) is 5.75 Å². The van der Waals surface area contributed by atoms with Crippen molar-refractivity contribution in [2.45, 2.75) is 25.0 Å². The minimum atomic E-state index is -1.34. The molecule has 0 saturated carbocycles. The van der Waals surface area contributed by atoms with Gasteiger partial charge in [0.2, 0.25) is 5.60 Å². The van der Waals surface area contributed by atoms with Gasteiger partial charge < -0.3 is 15.6 Å². The Bertz CT molecular complexity index is 761. The zero-order valence-corrected chi connectivity index (χ0v) is 13.7. The van der Waals surface area contributed by atoms with Gasteiger partial charge in [0.25, 0.3) is 0 Å². The average molecular weight is 345 g/mol. The third-order valence-electron chi connectivity index (χ3n) is 4.48. The van der Waals surface area contributed by atoms with Crippen molar-refractivity contribution in [3.63, 3.8) is 0 Å². The van der Waals surface area contributed by atoms with Crippen LogP contribution in [0.2, 0.25) is 0 Å². The number of rotatable bonds is 5. The van der Waals surface area contributed by atoms with Crippen LogP contribution < -0.4 is 10.5 Å². The number of halogens is 1. The molecule has 0 atom stereocenters. The molecule has 2 aromatic rings. The van der Waals surface area contributed by atoms with E-state index in [2.05, 4.69) is 9.88 Å². The van der Waals surface area contributed by atoms with Gasteiger partial charge in [0.05, 0.1) is 0 Å². The van der Waals surface area contributed by atoms with Gasteiger partial charge >= 0.3 is 5.97 Å². The van der Waals surface area contributed by atoms with Crippen LogP contribution in [0.3, 0.4) is 0 Å². The Morgan fingerprint density at radius 1 is 1.32 bits per heavy atom. The molecule has 1 aromatic heterocycles. The molecule has 7 heteroatoms. The molecule has 3 N–H and O–H groups in total. The number of carbonyl (C=O) groups is 1. The number of nitrogen functional groups attached to an aromatic ring is 1. The molecule has 1 aromatic carbocycles. The van der Waals surface area contributed by atoms with Gasteiger partial charge in [-0.25, -0.2) is 14.2 Å². The fraction of sp³-hybridized carbons (Fsp3) is 0.333. The molecule has 0 aliphatic carbocycles. The molecule has 1 aliphatic heterocycles. The van der Waals surface area contributed by atoms with Crippen molar-refractivity contribution in [2.75, 3.05) is 18.8 Å². The van der Waals surface area contributed by atoms with Crippen LogP contribution in [0.15, 0.2) is 42.6 Å². The number of nitrogens with two attached hydrogens (primary N) is 1. The number of benzene rings is 1. The Labute approximate surface area is 145 Å². The first-order chi connectivity index (χ1) is 12.0. The summed E-state index contributed by atoms with van der Waals surface area (Å²) in [7, 11) is 0. The Balaban J connectivity index is 1.68. The number of hydrogen-bond donors (Lipinski definition) is 2. The number of carboxylic acids is 1. The number of pyridine rings is 1. The molecule has 0 spiro atoms. The van der Waals surface area contributed by atoms with Gasteiger partial charge in [-0.05, 0) is 18.2 Å². The van der Waals surface area contributed by atoms with Gasteiger partial charge in [-0.1, -0.05) is 12.1 Å². The van der Waals surface area contributed by atoms with Crippen molar-refractivity contribution >= 4 is 11.8 Å². The van der Waals surface area contributed by atoms with E-state index in [4.69, 9.17) is 10.5 Å². The zero-order valence-electron chi connectivity index (χ0n) is 13.7. The SMILES string of the molecule is Nc1ncccc1CN1CCC(Oc2cccc(F)c2)(C(=O)O)CC1. The molecule has 0 unspecified atom stereocenters. The van der Waals surface area contributed by atoms with Crippen LogP contribution in [0.1, 0.15) is 18.4 Å². The molecule has 2 heterocycles. The highest BCUT2D eigenvalue weighted by Crippen LogP contribution is 2.30.